The molecule has 0 amide bonds. The van der Waals surface area contributed by atoms with Crippen molar-refractivity contribution in [3.8, 4) is 5.75 Å². The SMILES string of the molecule is O=S1(=O)CC[C@@H](NCc2ccccc2OCc2cccnc2)C1. The number of hydrogen-bond donors (Lipinski definition) is 1. The van der Waals surface area contributed by atoms with Gasteiger partial charge in [-0.25, -0.2) is 8.42 Å². The number of sulfone groups is 1. The van der Waals surface area contributed by atoms with E-state index in [1.807, 2.05) is 36.4 Å². The summed E-state index contributed by atoms with van der Waals surface area (Å²) in [5, 5.41) is 3.32. The molecule has 0 radical (unpaired) electrons. The van der Waals surface area contributed by atoms with Crippen LogP contribution in [0.5, 0.6) is 5.75 Å². The standard InChI is InChI=1S/C17H20N2O3S/c20-23(21)9-7-16(13-23)19-11-15-5-1-2-6-17(15)22-12-14-4-3-8-18-10-14/h1-6,8,10,16,19H,7,9,11-13H2/t16-/m1/s1. The lowest BCUT2D eigenvalue weighted by molar-refractivity contribution is 0.301. The van der Waals surface area contributed by atoms with Gasteiger partial charge in [0.1, 0.15) is 12.4 Å². The number of pyridine rings is 1. The lowest BCUT2D eigenvalue weighted by Crippen LogP contribution is -2.29. The van der Waals surface area contributed by atoms with E-state index in [0.29, 0.717) is 19.6 Å². The second kappa shape index (κ2) is 7.10. The van der Waals surface area contributed by atoms with Crippen molar-refractivity contribution in [1.82, 2.24) is 10.3 Å². The Morgan fingerprint density at radius 1 is 1.22 bits per heavy atom. The quantitative estimate of drug-likeness (QED) is 0.875. The molecule has 2 heterocycles. The van der Waals surface area contributed by atoms with Gasteiger partial charge in [-0.3, -0.25) is 4.98 Å². The fourth-order valence-electron chi connectivity index (χ4n) is 2.65. The van der Waals surface area contributed by atoms with Crippen LogP contribution in [0.15, 0.2) is 48.8 Å². The third-order valence-electron chi connectivity index (χ3n) is 3.90. The Labute approximate surface area is 136 Å². The molecule has 1 fully saturated rings. The number of rotatable bonds is 6. The number of nitrogens with one attached hydrogen (secondary N) is 1. The van der Waals surface area contributed by atoms with E-state index in [2.05, 4.69) is 10.3 Å². The van der Waals surface area contributed by atoms with Crippen molar-refractivity contribution in [2.75, 3.05) is 11.5 Å². The summed E-state index contributed by atoms with van der Waals surface area (Å²) in [6.07, 6.45) is 4.20. The van der Waals surface area contributed by atoms with Gasteiger partial charge in [-0.2, -0.15) is 0 Å². The van der Waals surface area contributed by atoms with Crippen molar-refractivity contribution in [2.45, 2.75) is 25.6 Å². The number of para-hydroxylation sites is 1. The predicted octanol–water partition coefficient (Wildman–Crippen LogP) is 1.94. The van der Waals surface area contributed by atoms with Crippen LogP contribution < -0.4 is 10.1 Å². The molecule has 0 spiro atoms. The molecule has 1 N–H and O–H groups in total. The molecule has 1 aromatic carbocycles. The summed E-state index contributed by atoms with van der Waals surface area (Å²) in [5.41, 5.74) is 2.04. The Hall–Kier alpha value is -1.92. The molecule has 0 bridgehead atoms. The van der Waals surface area contributed by atoms with Gasteiger partial charge in [0.2, 0.25) is 0 Å². The first-order valence-electron chi connectivity index (χ1n) is 7.66. The largest absolute Gasteiger partial charge is 0.489 e. The number of ether oxygens (including phenoxy) is 1. The fraction of sp³-hybridized carbons (Fsp3) is 0.353. The molecule has 3 rings (SSSR count). The average Bonchev–Trinajstić information content (AvgIpc) is 2.92. The summed E-state index contributed by atoms with van der Waals surface area (Å²) in [6, 6.07) is 11.7. The highest BCUT2D eigenvalue weighted by Gasteiger charge is 2.27. The van der Waals surface area contributed by atoms with Crippen molar-refractivity contribution in [1.29, 1.82) is 0 Å². The summed E-state index contributed by atoms with van der Waals surface area (Å²) in [4.78, 5) is 4.07. The molecule has 5 nitrogen and oxygen atoms in total. The van der Waals surface area contributed by atoms with Gasteiger partial charge < -0.3 is 10.1 Å². The molecular weight excluding hydrogens is 312 g/mol. The van der Waals surface area contributed by atoms with E-state index < -0.39 is 9.84 Å². The van der Waals surface area contributed by atoms with Gasteiger partial charge in [-0.1, -0.05) is 24.3 Å². The maximum atomic E-state index is 11.5. The Morgan fingerprint density at radius 2 is 2.09 bits per heavy atom. The van der Waals surface area contributed by atoms with Crippen LogP contribution in [0.1, 0.15) is 17.5 Å². The van der Waals surface area contributed by atoms with E-state index >= 15 is 0 Å². The minimum absolute atomic E-state index is 0.0337. The van der Waals surface area contributed by atoms with E-state index in [0.717, 1.165) is 16.9 Å². The van der Waals surface area contributed by atoms with E-state index in [1.165, 1.54) is 0 Å². The van der Waals surface area contributed by atoms with Gasteiger partial charge in [-0.05, 0) is 18.6 Å². The lowest BCUT2D eigenvalue weighted by atomic mass is 10.1. The summed E-state index contributed by atoms with van der Waals surface area (Å²) in [7, 11) is -2.86. The minimum atomic E-state index is -2.86. The van der Waals surface area contributed by atoms with Gasteiger partial charge in [0.05, 0.1) is 11.5 Å². The van der Waals surface area contributed by atoms with E-state index in [-0.39, 0.29) is 17.5 Å². The summed E-state index contributed by atoms with van der Waals surface area (Å²) in [5.74, 6) is 1.32. The van der Waals surface area contributed by atoms with Crippen LogP contribution in [-0.2, 0) is 23.0 Å². The molecule has 0 aliphatic carbocycles. The molecule has 1 aliphatic rings. The van der Waals surface area contributed by atoms with Gasteiger partial charge >= 0.3 is 0 Å². The monoisotopic (exact) mass is 332 g/mol. The van der Waals surface area contributed by atoms with Crippen molar-refractivity contribution in [2.24, 2.45) is 0 Å². The molecule has 2 aromatic rings. The van der Waals surface area contributed by atoms with Crippen molar-refractivity contribution in [3.63, 3.8) is 0 Å². The summed E-state index contributed by atoms with van der Waals surface area (Å²) >= 11 is 0. The van der Waals surface area contributed by atoms with E-state index in [1.54, 1.807) is 12.4 Å². The second-order valence-corrected chi connectivity index (χ2v) is 7.97. The van der Waals surface area contributed by atoms with Crippen LogP contribution >= 0.6 is 0 Å². The summed E-state index contributed by atoms with van der Waals surface area (Å²) < 4.78 is 28.9. The average molecular weight is 332 g/mol. The van der Waals surface area contributed by atoms with Gasteiger partial charge in [0.15, 0.2) is 9.84 Å². The fourth-order valence-corrected chi connectivity index (χ4v) is 4.35. The van der Waals surface area contributed by atoms with Gasteiger partial charge in [0, 0.05) is 36.1 Å². The molecule has 23 heavy (non-hydrogen) atoms. The molecular formula is C17H20N2O3S. The van der Waals surface area contributed by atoms with E-state index in [4.69, 9.17) is 4.74 Å². The predicted molar refractivity (Wildman–Crippen MR) is 88.9 cm³/mol. The number of aromatic nitrogens is 1. The van der Waals surface area contributed by atoms with Gasteiger partial charge in [-0.15, -0.1) is 0 Å². The van der Waals surface area contributed by atoms with Crippen molar-refractivity contribution < 1.29 is 13.2 Å². The molecule has 1 saturated heterocycles. The highest BCUT2D eigenvalue weighted by atomic mass is 32.2. The Morgan fingerprint density at radius 3 is 2.83 bits per heavy atom. The Kier molecular flexibility index (Phi) is 4.93. The zero-order valence-corrected chi connectivity index (χ0v) is 13.6. The first-order valence-corrected chi connectivity index (χ1v) is 9.48. The Balaban J connectivity index is 1.59. The second-order valence-electron chi connectivity index (χ2n) is 5.74. The Bertz CT molecular complexity index is 747. The number of hydrogen-bond acceptors (Lipinski definition) is 5. The van der Waals surface area contributed by atoms with Crippen LogP contribution in [0.4, 0.5) is 0 Å². The molecule has 1 aromatic heterocycles. The number of benzene rings is 1. The third kappa shape index (κ3) is 4.53. The highest BCUT2D eigenvalue weighted by Crippen LogP contribution is 2.20. The van der Waals surface area contributed by atoms with E-state index in [9.17, 15) is 8.42 Å². The van der Waals surface area contributed by atoms with Crippen molar-refractivity contribution >= 4 is 9.84 Å². The van der Waals surface area contributed by atoms with Crippen LogP contribution in [-0.4, -0.2) is 30.9 Å². The first kappa shape index (κ1) is 16.0. The molecule has 0 unspecified atom stereocenters. The number of nitrogens with zero attached hydrogens (tertiary/aromatic N) is 1. The topological polar surface area (TPSA) is 68.3 Å². The normalized spacial score (nSPS) is 19.6. The molecule has 1 atom stereocenters. The van der Waals surface area contributed by atoms with Crippen LogP contribution in [0.2, 0.25) is 0 Å². The molecule has 0 saturated carbocycles. The molecule has 6 heteroatoms. The smallest absolute Gasteiger partial charge is 0.151 e. The zero-order chi connectivity index (χ0) is 16.1. The maximum absolute atomic E-state index is 11.5. The van der Waals surface area contributed by atoms with Crippen LogP contribution in [0.3, 0.4) is 0 Å². The minimum Gasteiger partial charge on any atom is -0.489 e. The zero-order valence-electron chi connectivity index (χ0n) is 12.8. The molecule has 1 aliphatic heterocycles. The third-order valence-corrected chi connectivity index (χ3v) is 5.67. The highest BCUT2D eigenvalue weighted by molar-refractivity contribution is 7.91. The van der Waals surface area contributed by atoms with Gasteiger partial charge in [0.25, 0.3) is 0 Å². The summed E-state index contributed by atoms with van der Waals surface area (Å²) in [6.45, 7) is 1.06. The maximum Gasteiger partial charge on any atom is 0.151 e. The van der Waals surface area contributed by atoms with Crippen molar-refractivity contribution in [3.05, 3.63) is 59.9 Å². The lowest BCUT2D eigenvalue weighted by Gasteiger charge is -2.14. The van der Waals surface area contributed by atoms with Crippen LogP contribution in [0, 0.1) is 0 Å². The first-order chi connectivity index (χ1) is 11.1. The van der Waals surface area contributed by atoms with Crippen LogP contribution in [0.25, 0.3) is 0 Å². The molecule has 122 valence electrons.